The van der Waals surface area contributed by atoms with E-state index >= 15 is 0 Å². The second-order valence-electron chi connectivity index (χ2n) is 7.74. The number of hydrogen-bond acceptors (Lipinski definition) is 3. The summed E-state index contributed by atoms with van der Waals surface area (Å²) in [5.74, 6) is 0.888. The van der Waals surface area contributed by atoms with E-state index in [2.05, 4.69) is 61.6 Å². The Balaban J connectivity index is 1.36. The summed E-state index contributed by atoms with van der Waals surface area (Å²) in [5.41, 5.74) is 6.26. The van der Waals surface area contributed by atoms with Gasteiger partial charge in [-0.05, 0) is 72.9 Å². The molecule has 0 fully saturated rings. The fraction of sp³-hybridized carbons (Fsp3) is 0.320. The molecule has 1 N–H and O–H groups in total. The number of carbonyl (C=O) groups excluding carboxylic acids is 1. The molecule has 150 valence electrons. The van der Waals surface area contributed by atoms with Gasteiger partial charge in [0.25, 0.3) is 5.91 Å². The van der Waals surface area contributed by atoms with E-state index in [1.165, 1.54) is 40.9 Å². The van der Waals surface area contributed by atoms with Gasteiger partial charge in [-0.2, -0.15) is 0 Å². The minimum absolute atomic E-state index is 0.0220. The summed E-state index contributed by atoms with van der Waals surface area (Å²) < 4.78 is 5.97. The molecule has 1 aliphatic carbocycles. The molecule has 0 saturated heterocycles. The second kappa shape index (κ2) is 8.83. The first-order valence-electron chi connectivity index (χ1n) is 10.3. The number of fused-ring (bicyclic) bond motifs is 1. The molecular formula is C25H27NO2S. The van der Waals surface area contributed by atoms with Crippen LogP contribution in [0.1, 0.15) is 63.3 Å². The van der Waals surface area contributed by atoms with Crippen LogP contribution < -0.4 is 10.1 Å². The van der Waals surface area contributed by atoms with Gasteiger partial charge in [0.1, 0.15) is 12.4 Å². The minimum atomic E-state index is -0.0220. The van der Waals surface area contributed by atoms with Gasteiger partial charge < -0.3 is 10.1 Å². The zero-order valence-electron chi connectivity index (χ0n) is 17.0. The highest BCUT2D eigenvalue weighted by atomic mass is 32.1. The van der Waals surface area contributed by atoms with Crippen molar-refractivity contribution in [1.29, 1.82) is 0 Å². The molecule has 1 aliphatic rings. The number of aryl methyl sites for hydroxylation is 3. The van der Waals surface area contributed by atoms with E-state index in [1.54, 1.807) is 0 Å². The number of rotatable bonds is 7. The van der Waals surface area contributed by atoms with Gasteiger partial charge in [0.2, 0.25) is 0 Å². The third-order valence-corrected chi connectivity index (χ3v) is 6.52. The topological polar surface area (TPSA) is 38.3 Å². The van der Waals surface area contributed by atoms with Crippen LogP contribution in [0, 0.1) is 6.92 Å². The van der Waals surface area contributed by atoms with E-state index in [0.29, 0.717) is 6.61 Å². The number of hydrogen-bond donors (Lipinski definition) is 1. The average molecular weight is 406 g/mol. The molecule has 0 spiro atoms. The number of amides is 1. The fourth-order valence-corrected chi connectivity index (χ4v) is 4.62. The van der Waals surface area contributed by atoms with Gasteiger partial charge in [-0.25, -0.2) is 0 Å². The van der Waals surface area contributed by atoms with Gasteiger partial charge in [-0.1, -0.05) is 42.8 Å². The molecule has 1 atom stereocenters. The number of benzene rings is 2. The van der Waals surface area contributed by atoms with E-state index < -0.39 is 0 Å². The molecule has 29 heavy (non-hydrogen) atoms. The molecule has 0 saturated carbocycles. The second-order valence-corrected chi connectivity index (χ2v) is 8.65. The van der Waals surface area contributed by atoms with Crippen molar-refractivity contribution in [1.82, 2.24) is 5.32 Å². The Morgan fingerprint density at radius 3 is 2.69 bits per heavy atom. The summed E-state index contributed by atoms with van der Waals surface area (Å²) in [6, 6.07) is 16.7. The van der Waals surface area contributed by atoms with E-state index in [0.717, 1.165) is 34.6 Å². The van der Waals surface area contributed by atoms with Crippen molar-refractivity contribution in [2.75, 3.05) is 0 Å². The van der Waals surface area contributed by atoms with Crippen LogP contribution >= 0.6 is 11.3 Å². The molecule has 4 heteroatoms. The van der Waals surface area contributed by atoms with Crippen molar-refractivity contribution in [3.8, 4) is 5.75 Å². The molecule has 0 bridgehead atoms. The van der Waals surface area contributed by atoms with Crippen LogP contribution in [0.4, 0.5) is 0 Å². The third-order valence-electron chi connectivity index (χ3n) is 5.55. The van der Waals surface area contributed by atoms with Crippen molar-refractivity contribution < 1.29 is 9.53 Å². The lowest BCUT2D eigenvalue weighted by Gasteiger charge is -2.17. The van der Waals surface area contributed by atoms with Gasteiger partial charge >= 0.3 is 0 Å². The van der Waals surface area contributed by atoms with Crippen LogP contribution in [-0.2, 0) is 19.4 Å². The third kappa shape index (κ3) is 4.70. The number of carbonyl (C=O) groups is 1. The highest BCUT2D eigenvalue weighted by molar-refractivity contribution is 7.12. The van der Waals surface area contributed by atoms with Crippen LogP contribution in [0.25, 0.3) is 0 Å². The largest absolute Gasteiger partial charge is 0.489 e. The SMILES string of the molecule is CCC(NC(=O)c1cc(COc2ccc3c(c2)CCC3)cs1)c1ccc(C)cc1. The maximum absolute atomic E-state index is 12.7. The summed E-state index contributed by atoms with van der Waals surface area (Å²) in [5, 5.41) is 5.17. The van der Waals surface area contributed by atoms with Crippen molar-refractivity contribution in [3.63, 3.8) is 0 Å². The fourth-order valence-electron chi connectivity index (χ4n) is 3.82. The summed E-state index contributed by atoms with van der Waals surface area (Å²) in [7, 11) is 0. The predicted octanol–water partition coefficient (Wildman–Crippen LogP) is 6.01. The van der Waals surface area contributed by atoms with Gasteiger partial charge in [-0.3, -0.25) is 4.79 Å². The molecule has 1 unspecified atom stereocenters. The predicted molar refractivity (Wildman–Crippen MR) is 119 cm³/mol. The van der Waals surface area contributed by atoms with Gasteiger partial charge in [-0.15, -0.1) is 11.3 Å². The zero-order valence-corrected chi connectivity index (χ0v) is 17.9. The lowest BCUT2D eigenvalue weighted by molar-refractivity contribution is 0.0939. The lowest BCUT2D eigenvalue weighted by Crippen LogP contribution is -2.27. The molecule has 1 heterocycles. The first kappa shape index (κ1) is 19.7. The maximum atomic E-state index is 12.7. The van der Waals surface area contributed by atoms with E-state index in [1.807, 2.05) is 11.4 Å². The molecule has 1 aromatic heterocycles. The average Bonchev–Trinajstić information content (AvgIpc) is 3.40. The Bertz CT molecular complexity index is 990. The number of ether oxygens (including phenoxy) is 1. The number of thiophene rings is 1. The van der Waals surface area contributed by atoms with Gasteiger partial charge in [0, 0.05) is 5.56 Å². The van der Waals surface area contributed by atoms with Crippen LogP contribution in [0.5, 0.6) is 5.75 Å². The van der Waals surface area contributed by atoms with Crippen molar-refractivity contribution in [2.45, 2.75) is 52.2 Å². The molecule has 3 aromatic rings. The summed E-state index contributed by atoms with van der Waals surface area (Å²) in [6.45, 7) is 4.65. The Kier molecular flexibility index (Phi) is 6.00. The minimum Gasteiger partial charge on any atom is -0.489 e. The van der Waals surface area contributed by atoms with Crippen LogP contribution in [0.3, 0.4) is 0 Å². The maximum Gasteiger partial charge on any atom is 0.261 e. The first-order valence-corrected chi connectivity index (χ1v) is 11.2. The number of nitrogens with one attached hydrogen (secondary N) is 1. The molecule has 2 aromatic carbocycles. The zero-order chi connectivity index (χ0) is 20.2. The Morgan fingerprint density at radius 1 is 1.10 bits per heavy atom. The quantitative estimate of drug-likeness (QED) is 0.523. The summed E-state index contributed by atoms with van der Waals surface area (Å²) in [6.07, 6.45) is 4.42. The van der Waals surface area contributed by atoms with E-state index in [9.17, 15) is 4.79 Å². The standard InChI is InChI=1S/C25H27NO2S/c1-3-23(20-9-7-17(2)8-10-20)26-25(27)24-13-18(16-29-24)15-28-22-12-11-19-5-4-6-21(19)14-22/h7-14,16,23H,3-6,15H2,1-2H3,(H,26,27). The van der Waals surface area contributed by atoms with Gasteiger partial charge in [0.15, 0.2) is 0 Å². The van der Waals surface area contributed by atoms with Crippen LogP contribution in [0.15, 0.2) is 53.9 Å². The summed E-state index contributed by atoms with van der Waals surface area (Å²) in [4.78, 5) is 13.5. The highest BCUT2D eigenvalue weighted by Gasteiger charge is 2.16. The first-order chi connectivity index (χ1) is 14.1. The Labute approximate surface area is 176 Å². The Morgan fingerprint density at radius 2 is 1.90 bits per heavy atom. The monoisotopic (exact) mass is 405 g/mol. The summed E-state index contributed by atoms with van der Waals surface area (Å²) >= 11 is 1.47. The molecular weight excluding hydrogens is 378 g/mol. The highest BCUT2D eigenvalue weighted by Crippen LogP contribution is 2.27. The lowest BCUT2D eigenvalue weighted by atomic mass is 10.0. The molecule has 3 nitrogen and oxygen atoms in total. The van der Waals surface area contributed by atoms with Crippen molar-refractivity contribution >= 4 is 17.2 Å². The smallest absolute Gasteiger partial charge is 0.261 e. The van der Waals surface area contributed by atoms with Crippen LogP contribution in [-0.4, -0.2) is 5.91 Å². The van der Waals surface area contributed by atoms with E-state index in [-0.39, 0.29) is 11.9 Å². The van der Waals surface area contributed by atoms with Gasteiger partial charge in [0.05, 0.1) is 10.9 Å². The molecule has 4 rings (SSSR count). The molecule has 0 aliphatic heterocycles. The van der Waals surface area contributed by atoms with E-state index in [4.69, 9.17) is 4.74 Å². The molecule has 1 amide bonds. The molecule has 0 radical (unpaired) electrons. The van der Waals surface area contributed by atoms with Crippen LogP contribution in [0.2, 0.25) is 0 Å². The normalized spacial score (nSPS) is 13.7. The van der Waals surface area contributed by atoms with Crippen molar-refractivity contribution in [2.24, 2.45) is 0 Å². The van der Waals surface area contributed by atoms with Crippen molar-refractivity contribution in [3.05, 3.63) is 86.6 Å². The Hall–Kier alpha value is -2.59.